The molecule has 21 heavy (non-hydrogen) atoms. The molecule has 116 valence electrons. The Kier molecular flexibility index (Phi) is 4.50. The molecule has 1 aliphatic rings. The lowest BCUT2D eigenvalue weighted by atomic mass is 10.2. The van der Waals surface area contributed by atoms with E-state index in [1.165, 1.54) is 23.5 Å². The van der Waals surface area contributed by atoms with Gasteiger partial charge in [-0.05, 0) is 31.0 Å². The van der Waals surface area contributed by atoms with Gasteiger partial charge in [0.15, 0.2) is 0 Å². The van der Waals surface area contributed by atoms with E-state index in [2.05, 4.69) is 0 Å². The van der Waals surface area contributed by atoms with Crippen molar-refractivity contribution in [1.29, 1.82) is 0 Å². The molecule has 0 spiro atoms. The predicted molar refractivity (Wildman–Crippen MR) is 74.0 cm³/mol. The van der Waals surface area contributed by atoms with Crippen LogP contribution in [0.2, 0.25) is 0 Å². The molecule has 0 unspecified atom stereocenters. The molecule has 2 N–H and O–H groups in total. The topological polar surface area (TPSA) is 104 Å². The maximum atomic E-state index is 12.6. The number of aliphatic hydroxyl groups is 1. The number of sulfonamides is 1. The third-order valence-corrected chi connectivity index (χ3v) is 5.49. The van der Waals surface area contributed by atoms with Gasteiger partial charge in [-0.1, -0.05) is 0 Å². The van der Waals surface area contributed by atoms with E-state index in [1.807, 2.05) is 0 Å². The highest BCUT2D eigenvalue weighted by Gasteiger charge is 2.35. The Bertz CT molecular complexity index is 642. The molecule has 1 aromatic rings. The second-order valence-corrected chi connectivity index (χ2v) is 6.65. The van der Waals surface area contributed by atoms with E-state index in [4.69, 9.17) is 9.84 Å². The zero-order valence-electron chi connectivity index (χ0n) is 11.5. The fourth-order valence-corrected chi connectivity index (χ4v) is 4.17. The van der Waals surface area contributed by atoms with Crippen molar-refractivity contribution in [1.82, 2.24) is 4.31 Å². The molecule has 1 atom stereocenters. The van der Waals surface area contributed by atoms with Gasteiger partial charge >= 0.3 is 5.97 Å². The average Bonchev–Trinajstić information content (AvgIpc) is 2.95. The molecule has 0 aromatic heterocycles. The maximum Gasteiger partial charge on any atom is 0.339 e. The summed E-state index contributed by atoms with van der Waals surface area (Å²) in [6.45, 7) is 0.0726. The van der Waals surface area contributed by atoms with E-state index in [-0.39, 0.29) is 22.8 Å². The lowest BCUT2D eigenvalue weighted by Gasteiger charge is -2.22. The van der Waals surface area contributed by atoms with Crippen molar-refractivity contribution < 1.29 is 28.2 Å². The van der Waals surface area contributed by atoms with E-state index in [1.54, 1.807) is 0 Å². The third-order valence-electron chi connectivity index (χ3n) is 3.54. The molecule has 0 radical (unpaired) electrons. The number of carboxylic acid groups (broad SMARTS) is 1. The zero-order valence-corrected chi connectivity index (χ0v) is 12.3. The number of benzene rings is 1. The lowest BCUT2D eigenvalue weighted by molar-refractivity contribution is 0.0693. The maximum absolute atomic E-state index is 12.6. The van der Waals surface area contributed by atoms with Crippen molar-refractivity contribution in [3.8, 4) is 5.75 Å². The van der Waals surface area contributed by atoms with Crippen molar-refractivity contribution in [2.45, 2.75) is 23.8 Å². The van der Waals surface area contributed by atoms with Gasteiger partial charge in [0.1, 0.15) is 11.3 Å². The average molecular weight is 315 g/mol. The van der Waals surface area contributed by atoms with E-state index < -0.39 is 22.0 Å². The first-order valence-electron chi connectivity index (χ1n) is 6.46. The van der Waals surface area contributed by atoms with Gasteiger partial charge in [-0.2, -0.15) is 4.31 Å². The van der Waals surface area contributed by atoms with Crippen LogP contribution in [-0.2, 0) is 10.0 Å². The Morgan fingerprint density at radius 2 is 2.19 bits per heavy atom. The first-order chi connectivity index (χ1) is 9.91. The Balaban J connectivity index is 2.45. The van der Waals surface area contributed by atoms with E-state index in [9.17, 15) is 18.3 Å². The second-order valence-electron chi connectivity index (χ2n) is 4.76. The van der Waals surface area contributed by atoms with Crippen LogP contribution in [-0.4, -0.2) is 55.2 Å². The summed E-state index contributed by atoms with van der Waals surface area (Å²) in [7, 11) is -2.51. The fourth-order valence-electron chi connectivity index (χ4n) is 2.46. The minimum atomic E-state index is -3.83. The molecular formula is C13H17NO6S. The Labute approximate surface area is 122 Å². The molecule has 0 saturated carbocycles. The van der Waals surface area contributed by atoms with Gasteiger partial charge in [-0.15, -0.1) is 0 Å². The number of carbonyl (C=O) groups is 1. The molecule has 1 fully saturated rings. The number of hydrogen-bond acceptors (Lipinski definition) is 5. The first-order valence-corrected chi connectivity index (χ1v) is 7.90. The van der Waals surface area contributed by atoms with Crippen molar-refractivity contribution >= 4 is 16.0 Å². The highest BCUT2D eigenvalue weighted by atomic mass is 32.2. The van der Waals surface area contributed by atoms with Crippen molar-refractivity contribution in [2.75, 3.05) is 20.3 Å². The van der Waals surface area contributed by atoms with Crippen molar-refractivity contribution in [3.05, 3.63) is 23.8 Å². The van der Waals surface area contributed by atoms with Crippen LogP contribution in [0.4, 0.5) is 0 Å². The molecular weight excluding hydrogens is 298 g/mol. The van der Waals surface area contributed by atoms with Gasteiger partial charge in [0, 0.05) is 12.6 Å². The summed E-state index contributed by atoms with van der Waals surface area (Å²) in [6, 6.07) is 3.27. The molecule has 2 rings (SSSR count). The number of carboxylic acids is 1. The zero-order chi connectivity index (χ0) is 15.6. The summed E-state index contributed by atoms with van der Waals surface area (Å²) in [5, 5.41) is 18.4. The Morgan fingerprint density at radius 1 is 1.48 bits per heavy atom. The number of aliphatic hydroxyl groups excluding tert-OH is 1. The van der Waals surface area contributed by atoms with Gasteiger partial charge < -0.3 is 14.9 Å². The summed E-state index contributed by atoms with van der Waals surface area (Å²) in [6.07, 6.45) is 1.27. The summed E-state index contributed by atoms with van der Waals surface area (Å²) < 4.78 is 31.3. The smallest absolute Gasteiger partial charge is 0.339 e. The van der Waals surface area contributed by atoms with Crippen LogP contribution in [0.15, 0.2) is 23.1 Å². The minimum absolute atomic E-state index is 0.0987. The summed E-state index contributed by atoms with van der Waals surface area (Å²) >= 11 is 0. The summed E-state index contributed by atoms with van der Waals surface area (Å²) in [5.41, 5.74) is -0.210. The predicted octanol–water partition coefficient (Wildman–Crippen LogP) is 0.539. The summed E-state index contributed by atoms with van der Waals surface area (Å²) in [4.78, 5) is 11.1. The van der Waals surface area contributed by atoms with Crippen LogP contribution in [0, 0.1) is 0 Å². The molecule has 8 heteroatoms. The molecule has 1 aromatic carbocycles. The van der Waals surface area contributed by atoms with Gasteiger partial charge in [0.25, 0.3) is 0 Å². The van der Waals surface area contributed by atoms with E-state index in [0.29, 0.717) is 19.4 Å². The Morgan fingerprint density at radius 3 is 2.76 bits per heavy atom. The number of aromatic carboxylic acids is 1. The van der Waals surface area contributed by atoms with Crippen molar-refractivity contribution in [3.63, 3.8) is 0 Å². The standard InChI is InChI=1S/C13H17NO6S/c1-20-12-5-4-10(7-11(12)13(16)17)21(18,19)14-6-2-3-9(14)8-15/h4-5,7,9,15H,2-3,6,8H2,1H3,(H,16,17)/t9-/m1/s1. The fraction of sp³-hybridized carbons (Fsp3) is 0.462. The largest absolute Gasteiger partial charge is 0.496 e. The third kappa shape index (κ3) is 2.87. The van der Waals surface area contributed by atoms with E-state index in [0.717, 1.165) is 6.07 Å². The lowest BCUT2D eigenvalue weighted by Crippen LogP contribution is -2.37. The van der Waals surface area contributed by atoms with Crippen molar-refractivity contribution in [2.24, 2.45) is 0 Å². The molecule has 7 nitrogen and oxygen atoms in total. The van der Waals surface area contributed by atoms with Gasteiger partial charge in [0.05, 0.1) is 18.6 Å². The SMILES string of the molecule is COc1ccc(S(=O)(=O)N2CCC[C@@H]2CO)cc1C(=O)O. The Hall–Kier alpha value is -1.64. The van der Waals surface area contributed by atoms with Crippen LogP contribution < -0.4 is 4.74 Å². The van der Waals surface area contributed by atoms with Crippen LogP contribution in [0.25, 0.3) is 0 Å². The van der Waals surface area contributed by atoms with Crippen LogP contribution in [0.5, 0.6) is 5.75 Å². The number of hydrogen-bond donors (Lipinski definition) is 2. The number of nitrogens with zero attached hydrogens (tertiary/aromatic N) is 1. The highest BCUT2D eigenvalue weighted by Crippen LogP contribution is 2.29. The monoisotopic (exact) mass is 315 g/mol. The number of methoxy groups -OCH3 is 1. The number of rotatable bonds is 5. The van der Waals surface area contributed by atoms with Crippen LogP contribution >= 0.6 is 0 Å². The van der Waals surface area contributed by atoms with E-state index >= 15 is 0 Å². The molecule has 0 amide bonds. The molecule has 0 aliphatic carbocycles. The highest BCUT2D eigenvalue weighted by molar-refractivity contribution is 7.89. The quantitative estimate of drug-likeness (QED) is 0.822. The minimum Gasteiger partial charge on any atom is -0.496 e. The van der Waals surface area contributed by atoms with Crippen LogP contribution in [0.1, 0.15) is 23.2 Å². The first kappa shape index (κ1) is 15.7. The number of ether oxygens (including phenoxy) is 1. The molecule has 0 bridgehead atoms. The van der Waals surface area contributed by atoms with Crippen LogP contribution in [0.3, 0.4) is 0 Å². The summed E-state index contributed by atoms with van der Waals surface area (Å²) in [5.74, 6) is -1.16. The van der Waals surface area contributed by atoms with Gasteiger partial charge in [-0.25, -0.2) is 13.2 Å². The second kappa shape index (κ2) is 6.00. The molecule has 1 saturated heterocycles. The normalized spacial score (nSPS) is 19.6. The molecule has 1 aliphatic heterocycles. The van der Waals surface area contributed by atoms with Gasteiger partial charge in [0.2, 0.25) is 10.0 Å². The van der Waals surface area contributed by atoms with Gasteiger partial charge in [-0.3, -0.25) is 0 Å². The molecule has 1 heterocycles.